The molecule has 0 spiro atoms. The quantitative estimate of drug-likeness (QED) is 0.750. The maximum absolute atomic E-state index is 11.7. The molecular formula is C10H13N3O2. The normalized spacial score (nSPS) is 11.9. The van der Waals surface area contributed by atoms with Crippen LogP contribution >= 0.6 is 0 Å². The number of H-pyrrole nitrogens is 1. The number of aromatic amines is 1. The van der Waals surface area contributed by atoms with Gasteiger partial charge in [0.15, 0.2) is 0 Å². The largest absolute Gasteiger partial charge is 0.392 e. The van der Waals surface area contributed by atoms with Crippen molar-refractivity contribution in [3.05, 3.63) is 23.5 Å². The summed E-state index contributed by atoms with van der Waals surface area (Å²) in [6.07, 6.45) is 0.924. The molecule has 0 bridgehead atoms. The second-order valence-corrected chi connectivity index (χ2v) is 3.45. The van der Waals surface area contributed by atoms with E-state index in [2.05, 4.69) is 4.98 Å². The number of aliphatic hydroxyl groups excluding tert-OH is 1. The average Bonchev–Trinajstić information content (AvgIpc) is 2.63. The van der Waals surface area contributed by atoms with Crippen molar-refractivity contribution in [2.45, 2.75) is 13.0 Å². The first-order chi connectivity index (χ1) is 7.04. The summed E-state index contributed by atoms with van der Waals surface area (Å²) in [6, 6.07) is 3.39. The number of hydrogen-bond acceptors (Lipinski definition) is 3. The fourth-order valence-corrected chi connectivity index (χ4v) is 1.28. The van der Waals surface area contributed by atoms with Gasteiger partial charge < -0.3 is 15.0 Å². The highest BCUT2D eigenvalue weighted by Crippen LogP contribution is 2.06. The molecule has 0 radical (unpaired) electrons. The number of nitrogens with zero attached hydrogens (tertiary/aromatic N) is 2. The minimum Gasteiger partial charge on any atom is -0.392 e. The standard InChI is InChI=1S/C10H13N3O2/c1-7(14)6-13(2)10(15)8-3-9(4-11)12-5-8/h3,5,7,12,14H,6H2,1-2H3. The Kier molecular flexibility index (Phi) is 3.47. The Morgan fingerprint density at radius 2 is 2.47 bits per heavy atom. The van der Waals surface area contributed by atoms with Gasteiger partial charge in [0, 0.05) is 19.8 Å². The van der Waals surface area contributed by atoms with Crippen LogP contribution in [0.15, 0.2) is 12.3 Å². The molecule has 0 saturated heterocycles. The molecule has 0 fully saturated rings. The van der Waals surface area contributed by atoms with E-state index in [0.717, 1.165) is 0 Å². The lowest BCUT2D eigenvalue weighted by molar-refractivity contribution is 0.0704. The van der Waals surface area contributed by atoms with Gasteiger partial charge in [-0.3, -0.25) is 4.79 Å². The molecule has 0 aliphatic heterocycles. The number of nitriles is 1. The van der Waals surface area contributed by atoms with Gasteiger partial charge in [0.2, 0.25) is 0 Å². The Hall–Kier alpha value is -1.80. The van der Waals surface area contributed by atoms with Crippen LogP contribution in [-0.2, 0) is 0 Å². The highest BCUT2D eigenvalue weighted by atomic mass is 16.3. The summed E-state index contributed by atoms with van der Waals surface area (Å²) in [4.78, 5) is 15.8. The number of aromatic nitrogens is 1. The van der Waals surface area contributed by atoms with E-state index in [4.69, 9.17) is 10.4 Å². The lowest BCUT2D eigenvalue weighted by atomic mass is 10.2. The number of likely N-dealkylation sites (N-methyl/N-ethyl adjacent to an activating group) is 1. The third kappa shape index (κ3) is 2.82. The predicted molar refractivity (Wildman–Crippen MR) is 54.1 cm³/mol. The molecular weight excluding hydrogens is 194 g/mol. The van der Waals surface area contributed by atoms with E-state index in [1.165, 1.54) is 17.2 Å². The van der Waals surface area contributed by atoms with Crippen molar-refractivity contribution < 1.29 is 9.90 Å². The molecule has 2 N–H and O–H groups in total. The summed E-state index contributed by atoms with van der Waals surface area (Å²) in [6.45, 7) is 1.88. The zero-order chi connectivity index (χ0) is 11.4. The van der Waals surface area contributed by atoms with Gasteiger partial charge in [-0.05, 0) is 13.0 Å². The molecule has 1 atom stereocenters. The topological polar surface area (TPSA) is 80.1 Å². The van der Waals surface area contributed by atoms with Crippen LogP contribution in [0.1, 0.15) is 23.0 Å². The number of amides is 1. The van der Waals surface area contributed by atoms with E-state index in [1.807, 2.05) is 6.07 Å². The minimum atomic E-state index is -0.562. The van der Waals surface area contributed by atoms with Gasteiger partial charge in [0.25, 0.3) is 5.91 Å². The molecule has 1 aromatic rings. The first-order valence-corrected chi connectivity index (χ1v) is 4.56. The van der Waals surface area contributed by atoms with Gasteiger partial charge in [0.1, 0.15) is 11.8 Å². The molecule has 0 aliphatic carbocycles. The van der Waals surface area contributed by atoms with Crippen molar-refractivity contribution in [3.8, 4) is 6.07 Å². The molecule has 0 aromatic carbocycles. The van der Waals surface area contributed by atoms with Crippen molar-refractivity contribution in [1.29, 1.82) is 5.26 Å². The Balaban J connectivity index is 2.72. The molecule has 1 aromatic heterocycles. The first-order valence-electron chi connectivity index (χ1n) is 4.56. The summed E-state index contributed by atoms with van der Waals surface area (Å²) >= 11 is 0. The van der Waals surface area contributed by atoms with Crippen LogP contribution in [0.3, 0.4) is 0 Å². The van der Waals surface area contributed by atoms with Crippen LogP contribution in [0, 0.1) is 11.3 Å². The Morgan fingerprint density at radius 1 is 1.80 bits per heavy atom. The lowest BCUT2D eigenvalue weighted by Gasteiger charge is -2.17. The zero-order valence-electron chi connectivity index (χ0n) is 8.69. The highest BCUT2D eigenvalue weighted by Gasteiger charge is 2.14. The van der Waals surface area contributed by atoms with E-state index < -0.39 is 6.10 Å². The maximum Gasteiger partial charge on any atom is 0.255 e. The molecule has 1 rings (SSSR count). The molecule has 80 valence electrons. The summed E-state index contributed by atoms with van der Waals surface area (Å²) in [5, 5.41) is 17.7. The number of hydrogen-bond donors (Lipinski definition) is 2. The zero-order valence-corrected chi connectivity index (χ0v) is 8.69. The maximum atomic E-state index is 11.7. The van der Waals surface area contributed by atoms with E-state index in [9.17, 15) is 4.79 Å². The van der Waals surface area contributed by atoms with Crippen molar-refractivity contribution in [3.63, 3.8) is 0 Å². The summed E-state index contributed by atoms with van der Waals surface area (Å²) < 4.78 is 0. The summed E-state index contributed by atoms with van der Waals surface area (Å²) in [5.74, 6) is -0.214. The number of carbonyl (C=O) groups excluding carboxylic acids is 1. The molecule has 5 heteroatoms. The van der Waals surface area contributed by atoms with Crippen LogP contribution < -0.4 is 0 Å². The second-order valence-electron chi connectivity index (χ2n) is 3.45. The Labute approximate surface area is 87.9 Å². The van der Waals surface area contributed by atoms with Crippen molar-refractivity contribution in [2.24, 2.45) is 0 Å². The summed E-state index contributed by atoms with van der Waals surface area (Å²) in [5.41, 5.74) is 0.776. The average molecular weight is 207 g/mol. The first kappa shape index (κ1) is 11.3. The smallest absolute Gasteiger partial charge is 0.255 e. The monoisotopic (exact) mass is 207 g/mol. The van der Waals surface area contributed by atoms with Gasteiger partial charge >= 0.3 is 0 Å². The molecule has 1 unspecified atom stereocenters. The highest BCUT2D eigenvalue weighted by molar-refractivity contribution is 5.94. The minimum absolute atomic E-state index is 0.214. The lowest BCUT2D eigenvalue weighted by Crippen LogP contribution is -2.32. The van der Waals surface area contributed by atoms with E-state index in [0.29, 0.717) is 11.3 Å². The number of carbonyl (C=O) groups is 1. The predicted octanol–water partition coefficient (Wildman–Crippen LogP) is 0.339. The Bertz CT molecular complexity index is 390. The number of aliphatic hydroxyl groups is 1. The van der Waals surface area contributed by atoms with Gasteiger partial charge in [-0.1, -0.05) is 0 Å². The van der Waals surface area contributed by atoms with Crippen molar-refractivity contribution in [2.75, 3.05) is 13.6 Å². The van der Waals surface area contributed by atoms with Crippen molar-refractivity contribution >= 4 is 5.91 Å². The third-order valence-corrected chi connectivity index (χ3v) is 1.94. The van der Waals surface area contributed by atoms with E-state index in [1.54, 1.807) is 14.0 Å². The molecule has 0 saturated carbocycles. The number of nitrogens with one attached hydrogen (secondary N) is 1. The van der Waals surface area contributed by atoms with Gasteiger partial charge in [0.05, 0.1) is 11.7 Å². The van der Waals surface area contributed by atoms with Gasteiger partial charge in [-0.25, -0.2) is 0 Å². The van der Waals surface area contributed by atoms with Crippen LogP contribution in [-0.4, -0.2) is 40.6 Å². The fraction of sp³-hybridized carbons (Fsp3) is 0.400. The molecule has 5 nitrogen and oxygen atoms in total. The van der Waals surface area contributed by atoms with E-state index in [-0.39, 0.29) is 12.5 Å². The van der Waals surface area contributed by atoms with Gasteiger partial charge in [-0.15, -0.1) is 0 Å². The molecule has 1 heterocycles. The van der Waals surface area contributed by atoms with Crippen LogP contribution in [0.4, 0.5) is 0 Å². The van der Waals surface area contributed by atoms with E-state index >= 15 is 0 Å². The number of rotatable bonds is 3. The van der Waals surface area contributed by atoms with Crippen LogP contribution in [0.5, 0.6) is 0 Å². The molecule has 0 aliphatic rings. The fourth-order valence-electron chi connectivity index (χ4n) is 1.28. The Morgan fingerprint density at radius 3 is 2.93 bits per heavy atom. The van der Waals surface area contributed by atoms with Gasteiger partial charge in [-0.2, -0.15) is 5.26 Å². The molecule has 1 amide bonds. The SMILES string of the molecule is CC(O)CN(C)C(=O)c1c[nH]c(C#N)c1. The van der Waals surface area contributed by atoms with Crippen molar-refractivity contribution in [1.82, 2.24) is 9.88 Å². The van der Waals surface area contributed by atoms with Crippen LogP contribution in [0.25, 0.3) is 0 Å². The summed E-state index contributed by atoms with van der Waals surface area (Å²) in [7, 11) is 1.61. The molecule has 15 heavy (non-hydrogen) atoms. The van der Waals surface area contributed by atoms with Crippen LogP contribution in [0.2, 0.25) is 0 Å². The third-order valence-electron chi connectivity index (χ3n) is 1.94. The second kappa shape index (κ2) is 4.62.